The second-order valence-corrected chi connectivity index (χ2v) is 14.4. The fourth-order valence-corrected chi connectivity index (χ4v) is 8.69. The SMILES string of the molecule is c1ccc(-c2cc(-c3ccc4c(c3)C3(c5ccccc5O4)c4ccccc4-c4ccccc43)cc(-c3nc(-c4ccccc4)nc(-c4ccccc4)n3)c2)cc1. The molecule has 56 heavy (non-hydrogen) atoms. The van der Waals surface area contributed by atoms with Crippen LogP contribution in [0, 0.1) is 0 Å². The van der Waals surface area contributed by atoms with Crippen molar-refractivity contribution in [3.05, 3.63) is 222 Å². The third kappa shape index (κ3) is 5.04. The number of para-hydroxylation sites is 1. The summed E-state index contributed by atoms with van der Waals surface area (Å²) in [4.78, 5) is 15.2. The summed E-state index contributed by atoms with van der Waals surface area (Å²) in [5.41, 5.74) is 13.8. The van der Waals surface area contributed by atoms with Crippen LogP contribution in [0.1, 0.15) is 22.3 Å². The van der Waals surface area contributed by atoms with Gasteiger partial charge in [0.15, 0.2) is 17.5 Å². The quantitative estimate of drug-likeness (QED) is 0.178. The third-order valence-electron chi connectivity index (χ3n) is 11.2. The number of aromatic nitrogens is 3. The Kier molecular flexibility index (Phi) is 7.36. The van der Waals surface area contributed by atoms with Crippen molar-refractivity contribution in [1.29, 1.82) is 0 Å². The zero-order chi connectivity index (χ0) is 37.1. The highest BCUT2D eigenvalue weighted by Crippen LogP contribution is 2.62. The average molecular weight is 716 g/mol. The Balaban J connectivity index is 1.15. The molecule has 0 fully saturated rings. The summed E-state index contributed by atoms with van der Waals surface area (Å²) in [6.07, 6.45) is 0. The molecular weight excluding hydrogens is 683 g/mol. The molecule has 9 aromatic rings. The normalized spacial score (nSPS) is 12.9. The van der Waals surface area contributed by atoms with E-state index in [0.717, 1.165) is 61.6 Å². The van der Waals surface area contributed by atoms with Gasteiger partial charge in [0.25, 0.3) is 0 Å². The maximum absolute atomic E-state index is 6.75. The van der Waals surface area contributed by atoms with Gasteiger partial charge >= 0.3 is 0 Å². The molecule has 11 rings (SSSR count). The van der Waals surface area contributed by atoms with Crippen molar-refractivity contribution < 1.29 is 4.74 Å². The Bertz CT molecular complexity index is 2840. The molecule has 8 aromatic carbocycles. The van der Waals surface area contributed by atoms with E-state index in [1.54, 1.807) is 0 Å². The first kappa shape index (κ1) is 32.0. The van der Waals surface area contributed by atoms with Gasteiger partial charge in [-0.1, -0.05) is 164 Å². The summed E-state index contributed by atoms with van der Waals surface area (Å²) >= 11 is 0. The summed E-state index contributed by atoms with van der Waals surface area (Å²) in [5.74, 6) is 3.61. The van der Waals surface area contributed by atoms with Gasteiger partial charge in [0, 0.05) is 27.8 Å². The summed E-state index contributed by atoms with van der Waals surface area (Å²) in [7, 11) is 0. The van der Waals surface area contributed by atoms with E-state index in [1.165, 1.54) is 22.3 Å². The monoisotopic (exact) mass is 715 g/mol. The van der Waals surface area contributed by atoms with Crippen molar-refractivity contribution in [2.75, 3.05) is 0 Å². The van der Waals surface area contributed by atoms with Crippen LogP contribution in [-0.4, -0.2) is 15.0 Å². The van der Waals surface area contributed by atoms with Crippen LogP contribution < -0.4 is 4.74 Å². The van der Waals surface area contributed by atoms with E-state index in [-0.39, 0.29) is 0 Å². The Hall–Kier alpha value is -7.43. The minimum absolute atomic E-state index is 0.559. The molecule has 0 bridgehead atoms. The number of benzene rings is 8. The molecule has 4 nitrogen and oxygen atoms in total. The minimum atomic E-state index is -0.559. The summed E-state index contributed by atoms with van der Waals surface area (Å²) < 4.78 is 6.75. The minimum Gasteiger partial charge on any atom is -0.457 e. The first-order valence-electron chi connectivity index (χ1n) is 18.9. The zero-order valence-electron chi connectivity index (χ0n) is 30.3. The van der Waals surface area contributed by atoms with Gasteiger partial charge in [0.2, 0.25) is 0 Å². The maximum atomic E-state index is 6.75. The molecule has 0 radical (unpaired) electrons. The van der Waals surface area contributed by atoms with Crippen LogP contribution in [0.2, 0.25) is 0 Å². The van der Waals surface area contributed by atoms with Gasteiger partial charge in [-0.15, -0.1) is 0 Å². The second kappa shape index (κ2) is 12.9. The number of rotatable bonds is 5. The van der Waals surface area contributed by atoms with Gasteiger partial charge in [-0.2, -0.15) is 0 Å². The largest absolute Gasteiger partial charge is 0.457 e. The molecule has 262 valence electrons. The molecule has 0 N–H and O–H groups in total. The zero-order valence-corrected chi connectivity index (χ0v) is 30.3. The number of nitrogens with zero attached hydrogens (tertiary/aromatic N) is 3. The van der Waals surface area contributed by atoms with E-state index in [1.807, 2.05) is 60.7 Å². The number of hydrogen-bond acceptors (Lipinski definition) is 4. The molecule has 0 unspecified atom stereocenters. The van der Waals surface area contributed by atoms with Crippen molar-refractivity contribution >= 4 is 0 Å². The highest BCUT2D eigenvalue weighted by atomic mass is 16.5. The molecule has 0 saturated heterocycles. The average Bonchev–Trinajstić information content (AvgIpc) is 3.57. The lowest BCUT2D eigenvalue weighted by molar-refractivity contribution is 0.436. The predicted octanol–water partition coefficient (Wildman–Crippen LogP) is 12.7. The molecule has 0 saturated carbocycles. The first-order valence-corrected chi connectivity index (χ1v) is 18.9. The Morgan fingerprint density at radius 1 is 0.286 bits per heavy atom. The van der Waals surface area contributed by atoms with Crippen LogP contribution in [0.3, 0.4) is 0 Å². The predicted molar refractivity (Wildman–Crippen MR) is 224 cm³/mol. The lowest BCUT2D eigenvalue weighted by Crippen LogP contribution is -2.32. The van der Waals surface area contributed by atoms with Crippen molar-refractivity contribution in [1.82, 2.24) is 15.0 Å². The summed E-state index contributed by atoms with van der Waals surface area (Å²) in [6.45, 7) is 0. The van der Waals surface area contributed by atoms with E-state index < -0.39 is 5.41 Å². The molecule has 0 atom stereocenters. The van der Waals surface area contributed by atoms with Crippen molar-refractivity contribution in [2.24, 2.45) is 0 Å². The fraction of sp³-hybridized carbons (Fsp3) is 0.0192. The van der Waals surface area contributed by atoms with Crippen LogP contribution in [0.5, 0.6) is 11.5 Å². The van der Waals surface area contributed by atoms with Gasteiger partial charge in [0.05, 0.1) is 5.41 Å². The van der Waals surface area contributed by atoms with Crippen LogP contribution in [-0.2, 0) is 5.41 Å². The molecule has 2 aliphatic rings. The molecule has 0 amide bonds. The summed E-state index contributed by atoms with van der Waals surface area (Å²) in [5, 5.41) is 0. The molecule has 4 heteroatoms. The van der Waals surface area contributed by atoms with Gasteiger partial charge in [-0.25, -0.2) is 15.0 Å². The van der Waals surface area contributed by atoms with Gasteiger partial charge < -0.3 is 4.74 Å². The van der Waals surface area contributed by atoms with Crippen molar-refractivity contribution in [3.63, 3.8) is 0 Å². The van der Waals surface area contributed by atoms with Gasteiger partial charge in [-0.3, -0.25) is 0 Å². The summed E-state index contributed by atoms with van der Waals surface area (Å²) in [6, 6.07) is 70.3. The van der Waals surface area contributed by atoms with E-state index in [4.69, 9.17) is 19.7 Å². The molecular formula is C52H33N3O. The number of fused-ring (bicyclic) bond motifs is 9. The lowest BCUT2D eigenvalue weighted by atomic mass is 9.66. The van der Waals surface area contributed by atoms with E-state index >= 15 is 0 Å². The van der Waals surface area contributed by atoms with Crippen molar-refractivity contribution in [3.8, 4) is 79.0 Å². The van der Waals surface area contributed by atoms with E-state index in [2.05, 4.69) is 140 Å². The van der Waals surface area contributed by atoms with Crippen molar-refractivity contribution in [2.45, 2.75) is 5.41 Å². The standard InChI is InChI=1S/C52H33N3O/c1-4-16-34(17-5-1)38-30-39(32-40(31-38)51-54-49(35-18-6-2-7-19-35)53-50(55-51)36-20-8-3-9-21-36)37-28-29-48-46(33-37)52(45-26-14-15-27-47(45)56-48)43-24-12-10-22-41(43)42-23-11-13-25-44(42)52/h1-33H. The van der Waals surface area contributed by atoms with Crippen LogP contribution >= 0.6 is 0 Å². The fourth-order valence-electron chi connectivity index (χ4n) is 8.69. The molecule has 1 aromatic heterocycles. The highest BCUT2D eigenvalue weighted by molar-refractivity contribution is 5.90. The maximum Gasteiger partial charge on any atom is 0.164 e. The van der Waals surface area contributed by atoms with Gasteiger partial charge in [-0.05, 0) is 80.9 Å². The Morgan fingerprint density at radius 3 is 1.30 bits per heavy atom. The van der Waals surface area contributed by atoms with Gasteiger partial charge in [0.1, 0.15) is 11.5 Å². The van der Waals surface area contributed by atoms with E-state index in [0.29, 0.717) is 17.5 Å². The lowest BCUT2D eigenvalue weighted by Gasteiger charge is -2.39. The Morgan fingerprint density at radius 2 is 0.714 bits per heavy atom. The molecule has 1 spiro atoms. The van der Waals surface area contributed by atoms with Crippen LogP contribution in [0.15, 0.2) is 200 Å². The highest BCUT2D eigenvalue weighted by Gasteiger charge is 2.51. The Labute approximate surface area is 325 Å². The molecule has 1 aliphatic carbocycles. The topological polar surface area (TPSA) is 47.9 Å². The first-order chi connectivity index (χ1) is 27.7. The molecule has 2 heterocycles. The smallest absolute Gasteiger partial charge is 0.164 e. The number of hydrogen-bond donors (Lipinski definition) is 0. The van der Waals surface area contributed by atoms with E-state index in [9.17, 15) is 0 Å². The molecule has 1 aliphatic heterocycles. The van der Waals surface area contributed by atoms with Crippen LogP contribution in [0.25, 0.3) is 67.5 Å². The number of ether oxygens (including phenoxy) is 1. The second-order valence-electron chi connectivity index (χ2n) is 14.4. The third-order valence-corrected chi connectivity index (χ3v) is 11.2. The van der Waals surface area contributed by atoms with Crippen LogP contribution in [0.4, 0.5) is 0 Å².